The van der Waals surface area contributed by atoms with Crippen molar-refractivity contribution in [2.75, 3.05) is 0 Å². The second-order valence-electron chi connectivity index (χ2n) is 11.7. The van der Waals surface area contributed by atoms with E-state index in [0.717, 1.165) is 0 Å². The van der Waals surface area contributed by atoms with Crippen molar-refractivity contribution >= 4 is 53.9 Å². The Balaban J connectivity index is 1.30. The van der Waals surface area contributed by atoms with Gasteiger partial charge in [0.15, 0.2) is 0 Å². The van der Waals surface area contributed by atoms with Crippen LogP contribution in [0, 0.1) is 0 Å². The largest absolute Gasteiger partial charge is 0.0622 e. The van der Waals surface area contributed by atoms with Gasteiger partial charge in [-0.1, -0.05) is 146 Å². The van der Waals surface area contributed by atoms with Gasteiger partial charge >= 0.3 is 0 Å². The first-order valence-electron chi connectivity index (χ1n) is 15.3. The molecule has 0 unspecified atom stereocenters. The molecule has 9 aromatic rings. The Morgan fingerprint density at radius 2 is 0.727 bits per heavy atom. The van der Waals surface area contributed by atoms with E-state index in [2.05, 4.69) is 170 Å². The quantitative estimate of drug-likeness (QED) is 0.150. The Hall–Kier alpha value is -5.72. The van der Waals surface area contributed by atoms with Gasteiger partial charge in [-0.2, -0.15) is 0 Å². The standard InChI is InChI=1S/C44H28/c1-2-11-29(12-3-1)31-14-10-15-34(25-31)43-38-17-6-8-19-40(38)44(41-20-9-7-18-39(41)43)35-24-22-32-28-42-33(26-36(32)27-35)23-21-30-13-4-5-16-37(30)42/h1-28H. The molecule has 0 nitrogen and oxygen atoms in total. The van der Waals surface area contributed by atoms with Gasteiger partial charge in [0, 0.05) is 0 Å². The predicted molar refractivity (Wildman–Crippen MR) is 190 cm³/mol. The minimum atomic E-state index is 1.23. The van der Waals surface area contributed by atoms with Crippen molar-refractivity contribution in [3.63, 3.8) is 0 Å². The van der Waals surface area contributed by atoms with Crippen LogP contribution >= 0.6 is 0 Å². The van der Waals surface area contributed by atoms with Gasteiger partial charge in [-0.3, -0.25) is 0 Å². The summed E-state index contributed by atoms with van der Waals surface area (Å²) in [5.41, 5.74) is 7.53. The lowest BCUT2D eigenvalue weighted by molar-refractivity contribution is 1.61. The Labute approximate surface area is 256 Å². The van der Waals surface area contributed by atoms with Crippen LogP contribution in [-0.4, -0.2) is 0 Å². The summed E-state index contributed by atoms with van der Waals surface area (Å²) < 4.78 is 0. The molecule has 0 saturated heterocycles. The molecule has 0 saturated carbocycles. The van der Waals surface area contributed by atoms with Crippen LogP contribution < -0.4 is 0 Å². The molecule has 204 valence electrons. The second-order valence-corrected chi connectivity index (χ2v) is 11.7. The van der Waals surface area contributed by atoms with Crippen LogP contribution in [0.2, 0.25) is 0 Å². The maximum Gasteiger partial charge on any atom is -0.00262 e. The van der Waals surface area contributed by atoms with Crippen LogP contribution in [-0.2, 0) is 0 Å². The van der Waals surface area contributed by atoms with E-state index in [-0.39, 0.29) is 0 Å². The van der Waals surface area contributed by atoms with E-state index in [1.165, 1.54) is 87.2 Å². The molecule has 0 aromatic heterocycles. The monoisotopic (exact) mass is 556 g/mol. The number of benzene rings is 9. The maximum absolute atomic E-state index is 2.38. The molecule has 0 fully saturated rings. The molecule has 0 N–H and O–H groups in total. The smallest absolute Gasteiger partial charge is 0.00262 e. The van der Waals surface area contributed by atoms with E-state index in [1.54, 1.807) is 0 Å². The first-order chi connectivity index (χ1) is 21.8. The van der Waals surface area contributed by atoms with E-state index in [9.17, 15) is 0 Å². The summed E-state index contributed by atoms with van der Waals surface area (Å²) in [6, 6.07) is 62.3. The van der Waals surface area contributed by atoms with Crippen LogP contribution in [0.4, 0.5) is 0 Å². The minimum Gasteiger partial charge on any atom is -0.0622 e. The first kappa shape index (κ1) is 24.8. The van der Waals surface area contributed by atoms with Crippen LogP contribution in [0.5, 0.6) is 0 Å². The summed E-state index contributed by atoms with van der Waals surface area (Å²) in [5.74, 6) is 0. The van der Waals surface area contributed by atoms with E-state index in [1.807, 2.05) is 0 Å². The fraction of sp³-hybridized carbons (Fsp3) is 0. The van der Waals surface area contributed by atoms with Gasteiger partial charge in [0.2, 0.25) is 0 Å². The molecule has 0 heteroatoms. The minimum absolute atomic E-state index is 1.23. The molecule has 0 atom stereocenters. The summed E-state index contributed by atoms with van der Waals surface area (Å²) in [5, 5.41) is 12.8. The summed E-state index contributed by atoms with van der Waals surface area (Å²) in [4.78, 5) is 0. The maximum atomic E-state index is 2.38. The average molecular weight is 557 g/mol. The van der Waals surface area contributed by atoms with Gasteiger partial charge in [-0.25, -0.2) is 0 Å². The highest BCUT2D eigenvalue weighted by atomic mass is 14.2. The Kier molecular flexibility index (Phi) is 5.61. The van der Waals surface area contributed by atoms with Gasteiger partial charge in [-0.05, 0) is 112 Å². The Bertz CT molecular complexity index is 2480. The zero-order valence-corrected chi connectivity index (χ0v) is 24.2. The molecule has 0 bridgehead atoms. The molecule has 0 amide bonds. The highest BCUT2D eigenvalue weighted by Gasteiger charge is 2.17. The van der Waals surface area contributed by atoms with Gasteiger partial charge in [-0.15, -0.1) is 0 Å². The number of fused-ring (bicyclic) bond motifs is 6. The third-order valence-electron chi connectivity index (χ3n) is 9.18. The topological polar surface area (TPSA) is 0 Å². The lowest BCUT2D eigenvalue weighted by Crippen LogP contribution is -1.91. The van der Waals surface area contributed by atoms with Crippen molar-refractivity contribution in [1.29, 1.82) is 0 Å². The van der Waals surface area contributed by atoms with Gasteiger partial charge in [0.25, 0.3) is 0 Å². The van der Waals surface area contributed by atoms with Gasteiger partial charge < -0.3 is 0 Å². The molecule has 44 heavy (non-hydrogen) atoms. The third kappa shape index (κ3) is 3.92. The molecule has 0 aliphatic rings. The lowest BCUT2D eigenvalue weighted by Gasteiger charge is -2.18. The summed E-state index contributed by atoms with van der Waals surface area (Å²) in [7, 11) is 0. The highest BCUT2D eigenvalue weighted by molar-refractivity contribution is 6.22. The number of hydrogen-bond donors (Lipinski definition) is 0. The number of hydrogen-bond acceptors (Lipinski definition) is 0. The van der Waals surface area contributed by atoms with Crippen LogP contribution in [0.3, 0.4) is 0 Å². The third-order valence-corrected chi connectivity index (χ3v) is 9.18. The van der Waals surface area contributed by atoms with Crippen molar-refractivity contribution in [2.45, 2.75) is 0 Å². The zero-order chi connectivity index (χ0) is 29.0. The summed E-state index contributed by atoms with van der Waals surface area (Å²) in [6.07, 6.45) is 0. The summed E-state index contributed by atoms with van der Waals surface area (Å²) >= 11 is 0. The Morgan fingerprint density at radius 1 is 0.205 bits per heavy atom. The molecule has 0 heterocycles. The van der Waals surface area contributed by atoms with Crippen LogP contribution in [0.25, 0.3) is 87.2 Å². The van der Waals surface area contributed by atoms with Gasteiger partial charge in [0.1, 0.15) is 0 Å². The normalized spacial score (nSPS) is 11.6. The zero-order valence-electron chi connectivity index (χ0n) is 24.2. The van der Waals surface area contributed by atoms with E-state index < -0.39 is 0 Å². The molecule has 0 aliphatic carbocycles. The molecule has 9 rings (SSSR count). The molecule has 0 radical (unpaired) electrons. The van der Waals surface area contributed by atoms with E-state index in [0.29, 0.717) is 0 Å². The average Bonchev–Trinajstić information content (AvgIpc) is 3.10. The van der Waals surface area contributed by atoms with Gasteiger partial charge in [0.05, 0.1) is 0 Å². The summed E-state index contributed by atoms with van der Waals surface area (Å²) in [6.45, 7) is 0. The molecule has 9 aromatic carbocycles. The van der Waals surface area contributed by atoms with Crippen molar-refractivity contribution < 1.29 is 0 Å². The molecular formula is C44H28. The highest BCUT2D eigenvalue weighted by Crippen LogP contribution is 2.45. The predicted octanol–water partition coefficient (Wildman–Crippen LogP) is 12.5. The lowest BCUT2D eigenvalue weighted by atomic mass is 9.85. The van der Waals surface area contributed by atoms with Crippen molar-refractivity contribution in [2.24, 2.45) is 0 Å². The van der Waals surface area contributed by atoms with E-state index in [4.69, 9.17) is 0 Å². The van der Waals surface area contributed by atoms with Crippen LogP contribution in [0.15, 0.2) is 170 Å². The van der Waals surface area contributed by atoms with Crippen molar-refractivity contribution in [3.8, 4) is 33.4 Å². The molecule has 0 aliphatic heterocycles. The first-order valence-corrected chi connectivity index (χ1v) is 15.3. The van der Waals surface area contributed by atoms with E-state index >= 15 is 0 Å². The van der Waals surface area contributed by atoms with Crippen molar-refractivity contribution in [3.05, 3.63) is 170 Å². The van der Waals surface area contributed by atoms with Crippen molar-refractivity contribution in [1.82, 2.24) is 0 Å². The molecular weight excluding hydrogens is 528 g/mol. The fourth-order valence-corrected chi connectivity index (χ4v) is 7.14. The second kappa shape index (κ2) is 9.93. The van der Waals surface area contributed by atoms with Crippen LogP contribution in [0.1, 0.15) is 0 Å². The molecule has 0 spiro atoms. The Morgan fingerprint density at radius 3 is 1.43 bits per heavy atom. The number of rotatable bonds is 3. The fourth-order valence-electron chi connectivity index (χ4n) is 7.14. The SMILES string of the molecule is c1ccc(-c2cccc(-c3c4ccccc4c(-c4ccc5cc6c(ccc7ccccc76)cc5c4)c4ccccc34)c2)cc1.